The maximum absolute atomic E-state index is 12.9. The number of anilines is 1. The molecule has 0 radical (unpaired) electrons. The van der Waals surface area contributed by atoms with Gasteiger partial charge in [0, 0.05) is 30.6 Å². The van der Waals surface area contributed by atoms with Crippen LogP contribution in [0.2, 0.25) is 0 Å². The van der Waals surface area contributed by atoms with Crippen molar-refractivity contribution in [2.75, 3.05) is 5.32 Å². The van der Waals surface area contributed by atoms with Crippen molar-refractivity contribution in [2.45, 2.75) is 97.6 Å². The molecule has 7 heteroatoms. The van der Waals surface area contributed by atoms with Gasteiger partial charge in [-0.05, 0) is 81.3 Å². The van der Waals surface area contributed by atoms with Crippen LogP contribution in [-0.2, 0) is 22.5 Å². The average Bonchev–Trinajstić information content (AvgIpc) is 3.32. The third-order valence-electron chi connectivity index (χ3n) is 8.14. The van der Waals surface area contributed by atoms with Crippen LogP contribution in [-0.4, -0.2) is 27.2 Å². The Balaban J connectivity index is 1.35. The van der Waals surface area contributed by atoms with Crippen molar-refractivity contribution in [3.05, 3.63) is 78.1 Å². The number of amides is 1. The van der Waals surface area contributed by atoms with E-state index in [4.69, 9.17) is 14.5 Å². The zero-order valence-electron chi connectivity index (χ0n) is 26.5. The largest absolute Gasteiger partial charge is 0.514 e. The fourth-order valence-corrected chi connectivity index (χ4v) is 5.95. The molecule has 1 aliphatic carbocycles. The monoisotopic (exact) mass is 595 g/mol. The summed E-state index contributed by atoms with van der Waals surface area (Å²) in [7, 11) is 0. The number of imidazole rings is 1. The van der Waals surface area contributed by atoms with Gasteiger partial charge in [-0.2, -0.15) is 0 Å². The van der Waals surface area contributed by atoms with Gasteiger partial charge in [0.2, 0.25) is 5.91 Å². The van der Waals surface area contributed by atoms with Gasteiger partial charge < -0.3 is 19.4 Å². The van der Waals surface area contributed by atoms with Crippen LogP contribution in [0.4, 0.5) is 10.5 Å². The van der Waals surface area contributed by atoms with Crippen molar-refractivity contribution >= 4 is 28.8 Å². The number of unbranched alkanes of at least 4 members (excludes halogenated alkanes) is 1. The summed E-state index contributed by atoms with van der Waals surface area (Å²) in [6, 6.07) is 21.8. The Hall–Kier alpha value is -4.13. The van der Waals surface area contributed by atoms with E-state index in [0.717, 1.165) is 71.3 Å². The number of fused-ring (bicyclic) bond motifs is 1. The summed E-state index contributed by atoms with van der Waals surface area (Å²) in [6.45, 7) is 8.28. The Morgan fingerprint density at radius 2 is 1.73 bits per heavy atom. The number of carbonyl (C=O) groups is 2. The molecule has 7 nitrogen and oxygen atoms in total. The number of nitrogens with zero attached hydrogens (tertiary/aromatic N) is 2. The summed E-state index contributed by atoms with van der Waals surface area (Å²) >= 11 is 0. The zero-order valence-corrected chi connectivity index (χ0v) is 26.5. The summed E-state index contributed by atoms with van der Waals surface area (Å²) in [5.41, 5.74) is 5.02. The molecule has 0 spiro atoms. The van der Waals surface area contributed by atoms with E-state index >= 15 is 0 Å². The molecule has 1 fully saturated rings. The summed E-state index contributed by atoms with van der Waals surface area (Å²) in [4.78, 5) is 30.2. The Kier molecular flexibility index (Phi) is 10.0. The van der Waals surface area contributed by atoms with Crippen molar-refractivity contribution in [1.82, 2.24) is 9.55 Å². The number of rotatable bonds is 10. The number of ether oxygens (including phenoxy) is 2. The van der Waals surface area contributed by atoms with Gasteiger partial charge in [0.25, 0.3) is 0 Å². The van der Waals surface area contributed by atoms with Crippen molar-refractivity contribution in [2.24, 2.45) is 5.92 Å². The Morgan fingerprint density at radius 3 is 2.45 bits per heavy atom. The van der Waals surface area contributed by atoms with E-state index in [9.17, 15) is 9.59 Å². The molecule has 0 saturated heterocycles. The lowest BCUT2D eigenvalue weighted by Gasteiger charge is -2.20. The maximum atomic E-state index is 12.9. The highest BCUT2D eigenvalue weighted by Crippen LogP contribution is 2.32. The molecule has 1 heterocycles. The van der Waals surface area contributed by atoms with Crippen molar-refractivity contribution in [1.29, 1.82) is 0 Å². The van der Waals surface area contributed by atoms with E-state index in [1.807, 2.05) is 63.2 Å². The molecule has 1 aromatic heterocycles. The predicted molar refractivity (Wildman–Crippen MR) is 176 cm³/mol. The Labute approximate surface area is 261 Å². The lowest BCUT2D eigenvalue weighted by atomic mass is 9.87. The van der Waals surface area contributed by atoms with E-state index < -0.39 is 11.8 Å². The van der Waals surface area contributed by atoms with Gasteiger partial charge in [0.05, 0.1) is 11.0 Å². The van der Waals surface area contributed by atoms with E-state index in [1.54, 1.807) is 6.07 Å². The van der Waals surface area contributed by atoms with Crippen LogP contribution < -0.4 is 10.1 Å². The van der Waals surface area contributed by atoms with Crippen LogP contribution in [0.1, 0.15) is 90.4 Å². The lowest BCUT2D eigenvalue weighted by molar-refractivity contribution is -0.117. The van der Waals surface area contributed by atoms with Crippen molar-refractivity contribution in [3.63, 3.8) is 0 Å². The predicted octanol–water partition coefficient (Wildman–Crippen LogP) is 9.32. The summed E-state index contributed by atoms with van der Waals surface area (Å²) in [5.74, 6) is 2.10. The number of hydrogen-bond donors (Lipinski definition) is 1. The first kappa shape index (κ1) is 31.3. The molecule has 0 bridgehead atoms. The molecule has 5 rings (SSSR count). The molecule has 1 N–H and O–H groups in total. The molecular weight excluding hydrogens is 550 g/mol. The molecule has 44 heavy (non-hydrogen) atoms. The molecule has 0 unspecified atom stereocenters. The van der Waals surface area contributed by atoms with Crippen LogP contribution in [0.5, 0.6) is 5.75 Å². The lowest BCUT2D eigenvalue weighted by Crippen LogP contribution is -2.26. The number of aromatic nitrogens is 2. The quantitative estimate of drug-likeness (QED) is 0.146. The second-order valence-electron chi connectivity index (χ2n) is 12.9. The Bertz CT molecular complexity index is 1580. The standard InChI is InChI=1S/C37H45N3O4/c1-5-6-16-34-39-31-22-21-29(38-35(41)23-26-12-8-7-9-13-26)24-32(31)40(34)25-27-17-19-28(20-18-27)30-14-10-11-15-33(30)43-36(42)44-37(2,3)4/h10-11,14-15,17-22,24,26H,5-9,12-13,16,23,25H2,1-4H3,(H,38,41). The molecule has 4 aromatic rings. The summed E-state index contributed by atoms with van der Waals surface area (Å²) < 4.78 is 13.2. The Morgan fingerprint density at radius 1 is 0.977 bits per heavy atom. The number of benzene rings is 3. The fourth-order valence-electron chi connectivity index (χ4n) is 5.95. The van der Waals surface area contributed by atoms with Crippen molar-refractivity contribution < 1.29 is 19.1 Å². The molecule has 1 saturated carbocycles. The van der Waals surface area contributed by atoms with Gasteiger partial charge in [0.15, 0.2) is 0 Å². The van der Waals surface area contributed by atoms with Gasteiger partial charge in [0.1, 0.15) is 17.2 Å². The number of nitrogens with one attached hydrogen (secondary N) is 1. The highest BCUT2D eigenvalue weighted by Gasteiger charge is 2.20. The molecule has 0 aliphatic heterocycles. The van der Waals surface area contributed by atoms with E-state index in [-0.39, 0.29) is 5.91 Å². The van der Waals surface area contributed by atoms with Gasteiger partial charge in [-0.15, -0.1) is 0 Å². The van der Waals surface area contributed by atoms with E-state index in [0.29, 0.717) is 24.6 Å². The number of aryl methyl sites for hydroxylation is 1. The average molecular weight is 596 g/mol. The van der Waals surface area contributed by atoms with E-state index in [1.165, 1.54) is 19.3 Å². The highest BCUT2D eigenvalue weighted by atomic mass is 16.7. The first-order valence-corrected chi connectivity index (χ1v) is 16.1. The third kappa shape index (κ3) is 8.28. The zero-order chi connectivity index (χ0) is 31.1. The van der Waals surface area contributed by atoms with Gasteiger partial charge in [-0.3, -0.25) is 4.79 Å². The topological polar surface area (TPSA) is 82.5 Å². The van der Waals surface area contributed by atoms with Crippen molar-refractivity contribution in [3.8, 4) is 16.9 Å². The molecule has 0 atom stereocenters. The molecule has 1 aliphatic rings. The molecule has 3 aromatic carbocycles. The minimum absolute atomic E-state index is 0.0973. The van der Waals surface area contributed by atoms with Crippen LogP contribution in [0.15, 0.2) is 66.7 Å². The highest BCUT2D eigenvalue weighted by molar-refractivity contribution is 5.93. The molecule has 232 valence electrons. The second-order valence-corrected chi connectivity index (χ2v) is 12.9. The minimum Gasteiger partial charge on any atom is -0.428 e. The summed E-state index contributed by atoms with van der Waals surface area (Å²) in [5, 5.41) is 3.16. The van der Waals surface area contributed by atoms with Crippen LogP contribution in [0, 0.1) is 5.92 Å². The molecule has 1 amide bonds. The first-order chi connectivity index (χ1) is 21.2. The van der Waals surface area contributed by atoms with Crippen LogP contribution in [0.25, 0.3) is 22.2 Å². The van der Waals surface area contributed by atoms with Gasteiger partial charge in [-0.1, -0.05) is 75.1 Å². The first-order valence-electron chi connectivity index (χ1n) is 16.1. The number of para-hydroxylation sites is 1. The second kappa shape index (κ2) is 14.1. The third-order valence-corrected chi connectivity index (χ3v) is 8.14. The minimum atomic E-state index is -0.724. The van der Waals surface area contributed by atoms with Gasteiger partial charge >= 0.3 is 6.16 Å². The van der Waals surface area contributed by atoms with Crippen LogP contribution in [0.3, 0.4) is 0 Å². The van der Waals surface area contributed by atoms with Gasteiger partial charge in [-0.25, -0.2) is 9.78 Å². The normalized spacial score (nSPS) is 14.0. The van der Waals surface area contributed by atoms with Crippen LogP contribution >= 0.6 is 0 Å². The van der Waals surface area contributed by atoms with E-state index in [2.05, 4.69) is 35.0 Å². The summed E-state index contributed by atoms with van der Waals surface area (Å²) in [6.07, 6.45) is 8.97. The molecular formula is C37H45N3O4. The SMILES string of the molecule is CCCCc1nc2ccc(NC(=O)CC3CCCCC3)cc2n1Cc1ccc(-c2ccccc2OC(=O)OC(C)(C)C)cc1. The smallest absolute Gasteiger partial charge is 0.428 e. The fraction of sp³-hybridized carbons (Fsp3) is 0.432. The number of hydrogen-bond acceptors (Lipinski definition) is 5. The maximum Gasteiger partial charge on any atom is 0.514 e. The number of carbonyl (C=O) groups excluding carboxylic acids is 2.